The summed E-state index contributed by atoms with van der Waals surface area (Å²) in [6.45, 7) is 4.46. The minimum Gasteiger partial charge on any atom is -0.493 e. The average Bonchev–Trinajstić information content (AvgIpc) is 2.99. The van der Waals surface area contributed by atoms with E-state index in [2.05, 4.69) is 21.3 Å². The molecule has 4 rings (SSSR count). The van der Waals surface area contributed by atoms with Crippen LogP contribution in [-0.2, 0) is 0 Å². The van der Waals surface area contributed by atoms with Crippen molar-refractivity contribution in [2.24, 2.45) is 0 Å². The molecule has 0 unspecified atom stereocenters. The molecule has 3 aromatic rings. The molecule has 0 spiro atoms. The Morgan fingerprint density at radius 1 is 1.22 bits per heavy atom. The van der Waals surface area contributed by atoms with Crippen LogP contribution in [0.1, 0.15) is 45.6 Å². The minimum atomic E-state index is -0.211. The molecular weight excluding hydrogens is 424 g/mol. The van der Waals surface area contributed by atoms with E-state index in [1.807, 2.05) is 50.2 Å². The Balaban J connectivity index is 1.68. The average molecular weight is 455 g/mol. The molecule has 0 aliphatic heterocycles. The number of hydrogen-bond acceptors (Lipinski definition) is 3. The SMILES string of the molecule is CC(C)NC(=O)Nc1ccc(-c2c(N)c3ccc(OCCCCl)cc3n2C2CCC2)cc1. The van der Waals surface area contributed by atoms with Crippen LogP contribution in [0, 0.1) is 0 Å². The summed E-state index contributed by atoms with van der Waals surface area (Å²) in [5, 5.41) is 6.74. The highest BCUT2D eigenvalue weighted by atomic mass is 35.5. The van der Waals surface area contributed by atoms with Crippen LogP contribution < -0.4 is 21.1 Å². The fourth-order valence-electron chi connectivity index (χ4n) is 4.11. The van der Waals surface area contributed by atoms with E-state index in [4.69, 9.17) is 22.1 Å². The van der Waals surface area contributed by atoms with Gasteiger partial charge in [0.25, 0.3) is 0 Å². The number of urea groups is 1. The van der Waals surface area contributed by atoms with Gasteiger partial charge in [0.05, 0.1) is 23.5 Å². The van der Waals surface area contributed by atoms with Gasteiger partial charge in [0.15, 0.2) is 0 Å². The smallest absolute Gasteiger partial charge is 0.319 e. The molecule has 2 amide bonds. The summed E-state index contributed by atoms with van der Waals surface area (Å²) < 4.78 is 8.26. The van der Waals surface area contributed by atoms with Crippen molar-refractivity contribution in [1.29, 1.82) is 0 Å². The lowest BCUT2D eigenvalue weighted by Gasteiger charge is -2.30. The Morgan fingerprint density at radius 3 is 2.59 bits per heavy atom. The molecule has 1 aromatic heterocycles. The number of rotatable bonds is 8. The number of benzene rings is 2. The van der Waals surface area contributed by atoms with Crippen LogP contribution in [0.15, 0.2) is 42.5 Å². The number of carbonyl (C=O) groups excluding carboxylic acids is 1. The van der Waals surface area contributed by atoms with Gasteiger partial charge in [0, 0.05) is 40.7 Å². The number of fused-ring (bicyclic) bond motifs is 1. The summed E-state index contributed by atoms with van der Waals surface area (Å²) in [6.07, 6.45) is 4.32. The first-order chi connectivity index (χ1) is 15.5. The maximum Gasteiger partial charge on any atom is 0.319 e. The highest BCUT2D eigenvalue weighted by Gasteiger charge is 2.27. The number of nitrogens with one attached hydrogen (secondary N) is 2. The van der Waals surface area contributed by atoms with Crippen LogP contribution in [0.2, 0.25) is 0 Å². The fourth-order valence-corrected chi connectivity index (χ4v) is 4.22. The van der Waals surface area contributed by atoms with Crippen LogP contribution in [0.25, 0.3) is 22.2 Å². The summed E-state index contributed by atoms with van der Waals surface area (Å²) in [5.41, 5.74) is 11.4. The zero-order valence-corrected chi connectivity index (χ0v) is 19.4. The van der Waals surface area contributed by atoms with Gasteiger partial charge in [-0.05, 0) is 63.8 Å². The lowest BCUT2D eigenvalue weighted by atomic mass is 9.92. The number of amides is 2. The van der Waals surface area contributed by atoms with E-state index in [1.165, 1.54) is 6.42 Å². The molecule has 1 aliphatic carbocycles. The second kappa shape index (κ2) is 9.74. The van der Waals surface area contributed by atoms with Gasteiger partial charge in [-0.25, -0.2) is 4.79 Å². The van der Waals surface area contributed by atoms with Crippen molar-refractivity contribution in [2.45, 2.75) is 51.6 Å². The third-order valence-electron chi connectivity index (χ3n) is 5.84. The predicted molar refractivity (Wildman–Crippen MR) is 133 cm³/mol. The molecule has 32 heavy (non-hydrogen) atoms. The summed E-state index contributed by atoms with van der Waals surface area (Å²) in [5.74, 6) is 1.42. The van der Waals surface area contributed by atoms with E-state index in [9.17, 15) is 4.79 Å². The molecule has 6 nitrogen and oxygen atoms in total. The molecule has 0 bridgehead atoms. The molecular formula is C25H31ClN4O2. The van der Waals surface area contributed by atoms with Gasteiger partial charge in [-0.2, -0.15) is 0 Å². The van der Waals surface area contributed by atoms with Crippen molar-refractivity contribution in [2.75, 3.05) is 23.5 Å². The van der Waals surface area contributed by atoms with Crippen LogP contribution in [-0.4, -0.2) is 29.1 Å². The number of alkyl halides is 1. The van der Waals surface area contributed by atoms with E-state index in [0.29, 0.717) is 18.5 Å². The predicted octanol–water partition coefficient (Wildman–Crippen LogP) is 6.15. The number of halogens is 1. The zero-order chi connectivity index (χ0) is 22.7. The van der Waals surface area contributed by atoms with Gasteiger partial charge >= 0.3 is 6.03 Å². The lowest BCUT2D eigenvalue weighted by molar-refractivity contribution is 0.250. The molecule has 4 N–H and O–H groups in total. The largest absolute Gasteiger partial charge is 0.493 e. The van der Waals surface area contributed by atoms with Crippen molar-refractivity contribution in [3.8, 4) is 17.0 Å². The van der Waals surface area contributed by atoms with Crippen LogP contribution in [0.5, 0.6) is 5.75 Å². The normalized spacial score (nSPS) is 13.9. The van der Waals surface area contributed by atoms with Crippen molar-refractivity contribution in [3.05, 3.63) is 42.5 Å². The number of anilines is 2. The van der Waals surface area contributed by atoms with Gasteiger partial charge < -0.3 is 25.7 Å². The standard InChI is InChI=1S/C25H31ClN4O2/c1-16(2)28-25(31)29-18-9-7-17(8-10-18)24-23(27)21-12-11-20(32-14-4-13-26)15-22(21)30(24)19-5-3-6-19/h7-12,15-16,19H,3-6,13-14,27H2,1-2H3,(H2,28,29,31). The highest BCUT2D eigenvalue weighted by molar-refractivity contribution is 6.17. The number of hydrogen-bond donors (Lipinski definition) is 3. The van der Waals surface area contributed by atoms with Gasteiger partial charge in [-0.1, -0.05) is 12.1 Å². The van der Waals surface area contributed by atoms with E-state index < -0.39 is 0 Å². The molecule has 7 heteroatoms. The van der Waals surface area contributed by atoms with Gasteiger partial charge in [-0.15, -0.1) is 11.6 Å². The van der Waals surface area contributed by atoms with E-state index in [1.54, 1.807) is 0 Å². The fraction of sp³-hybridized carbons (Fsp3) is 0.400. The number of nitrogen functional groups attached to an aromatic ring is 1. The maximum absolute atomic E-state index is 12.0. The van der Waals surface area contributed by atoms with Crippen LogP contribution >= 0.6 is 11.6 Å². The quantitative estimate of drug-likeness (QED) is 0.282. The van der Waals surface area contributed by atoms with E-state index >= 15 is 0 Å². The van der Waals surface area contributed by atoms with Gasteiger partial charge in [0.1, 0.15) is 5.75 Å². The third-order valence-corrected chi connectivity index (χ3v) is 6.10. The summed E-state index contributed by atoms with van der Waals surface area (Å²) in [7, 11) is 0. The first-order valence-electron chi connectivity index (χ1n) is 11.3. The molecule has 0 atom stereocenters. The number of aromatic nitrogens is 1. The first kappa shape index (κ1) is 22.3. The lowest BCUT2D eigenvalue weighted by Crippen LogP contribution is -2.34. The van der Waals surface area contributed by atoms with Crippen molar-refractivity contribution < 1.29 is 9.53 Å². The molecule has 1 fully saturated rings. The summed E-state index contributed by atoms with van der Waals surface area (Å²) in [4.78, 5) is 12.0. The number of ether oxygens (including phenoxy) is 1. The molecule has 170 valence electrons. The summed E-state index contributed by atoms with van der Waals surface area (Å²) in [6, 6.07) is 14.3. The Morgan fingerprint density at radius 2 is 1.97 bits per heavy atom. The van der Waals surface area contributed by atoms with Gasteiger partial charge in [0.2, 0.25) is 0 Å². The number of nitrogens with zero attached hydrogens (tertiary/aromatic N) is 1. The number of carbonyl (C=O) groups is 1. The van der Waals surface area contributed by atoms with E-state index in [0.717, 1.165) is 58.5 Å². The Hall–Kier alpha value is -2.86. The molecule has 1 aliphatic rings. The molecule has 1 heterocycles. The zero-order valence-electron chi connectivity index (χ0n) is 18.7. The molecule has 0 radical (unpaired) electrons. The Kier molecular flexibility index (Phi) is 6.80. The third kappa shape index (κ3) is 4.65. The van der Waals surface area contributed by atoms with Crippen LogP contribution in [0.3, 0.4) is 0 Å². The van der Waals surface area contributed by atoms with Crippen molar-refractivity contribution in [1.82, 2.24) is 9.88 Å². The second-order valence-corrected chi connectivity index (χ2v) is 9.00. The molecule has 1 saturated carbocycles. The Bertz CT molecular complexity index is 1090. The highest BCUT2D eigenvalue weighted by Crippen LogP contribution is 2.44. The summed E-state index contributed by atoms with van der Waals surface area (Å²) >= 11 is 5.78. The first-order valence-corrected chi connectivity index (χ1v) is 11.8. The van der Waals surface area contributed by atoms with Crippen molar-refractivity contribution >= 4 is 39.9 Å². The van der Waals surface area contributed by atoms with Gasteiger partial charge in [-0.3, -0.25) is 0 Å². The maximum atomic E-state index is 12.0. The minimum absolute atomic E-state index is 0.0797. The molecule has 0 saturated heterocycles. The molecule has 2 aromatic carbocycles. The Labute approximate surface area is 194 Å². The monoisotopic (exact) mass is 454 g/mol. The van der Waals surface area contributed by atoms with E-state index in [-0.39, 0.29) is 12.1 Å². The number of nitrogens with two attached hydrogens (primary N) is 1. The van der Waals surface area contributed by atoms with Crippen LogP contribution in [0.4, 0.5) is 16.2 Å². The second-order valence-electron chi connectivity index (χ2n) is 8.62. The van der Waals surface area contributed by atoms with Crippen molar-refractivity contribution in [3.63, 3.8) is 0 Å². The topological polar surface area (TPSA) is 81.3 Å².